The highest BCUT2D eigenvalue weighted by molar-refractivity contribution is 8.09. The van der Waals surface area contributed by atoms with E-state index in [0.717, 1.165) is 16.7 Å². The topological polar surface area (TPSA) is 121 Å². The molecule has 12 heteroatoms. The van der Waals surface area contributed by atoms with E-state index in [1.54, 1.807) is 21.1 Å². The van der Waals surface area contributed by atoms with Crippen molar-refractivity contribution in [2.75, 3.05) is 27.5 Å². The maximum absolute atomic E-state index is 12.7. The van der Waals surface area contributed by atoms with Crippen LogP contribution in [0, 0.1) is 6.92 Å². The van der Waals surface area contributed by atoms with E-state index in [2.05, 4.69) is 4.98 Å². The Kier molecular flexibility index (Phi) is 9.55. The van der Waals surface area contributed by atoms with Crippen LogP contribution < -0.4 is 20.7 Å². The molecule has 4 aromatic rings. The lowest BCUT2D eigenvalue weighted by Gasteiger charge is -2.37. The summed E-state index contributed by atoms with van der Waals surface area (Å²) in [7, 11) is 3.22. The van der Waals surface area contributed by atoms with Gasteiger partial charge < -0.3 is 28.4 Å². The first-order valence-corrected chi connectivity index (χ1v) is 17.1. The van der Waals surface area contributed by atoms with Gasteiger partial charge in [0, 0.05) is 24.8 Å². The van der Waals surface area contributed by atoms with Crippen molar-refractivity contribution in [2.24, 2.45) is 0 Å². The lowest BCUT2D eigenvalue weighted by Crippen LogP contribution is -2.38. The summed E-state index contributed by atoms with van der Waals surface area (Å²) in [5.74, 6) is 1.39. The smallest absolute Gasteiger partial charge is 0.330 e. The molecular formula is C32H35N2O8PS. The number of nitrogens with one attached hydrogen (secondary N) is 1. The molecule has 0 radical (unpaired) electrons. The molecule has 0 spiro atoms. The third-order valence-corrected chi connectivity index (χ3v) is 8.53. The molecule has 1 fully saturated rings. The minimum atomic E-state index is -3.13. The molecule has 3 aromatic carbocycles. The number of rotatable bonds is 11. The Bertz CT molecular complexity index is 1690. The van der Waals surface area contributed by atoms with Crippen LogP contribution in [0.3, 0.4) is 0 Å². The van der Waals surface area contributed by atoms with Crippen LogP contribution >= 0.6 is 6.49 Å². The van der Waals surface area contributed by atoms with Gasteiger partial charge in [0.2, 0.25) is 0 Å². The predicted molar refractivity (Wildman–Crippen MR) is 170 cm³/mol. The summed E-state index contributed by atoms with van der Waals surface area (Å²) in [6, 6.07) is 25.1. The quantitative estimate of drug-likeness (QED) is 0.181. The van der Waals surface area contributed by atoms with Crippen molar-refractivity contribution in [3.63, 3.8) is 0 Å². The number of methoxy groups -OCH3 is 2. The highest BCUT2D eigenvalue weighted by atomic mass is 32.5. The highest BCUT2D eigenvalue weighted by Crippen LogP contribution is 2.46. The second-order valence-electron chi connectivity index (χ2n) is 10.6. The van der Waals surface area contributed by atoms with Crippen LogP contribution in [0.15, 0.2) is 94.6 Å². The number of ether oxygens (including phenoxy) is 4. The van der Waals surface area contributed by atoms with E-state index in [1.807, 2.05) is 78.9 Å². The lowest BCUT2D eigenvalue weighted by atomic mass is 9.80. The first-order valence-electron chi connectivity index (χ1n) is 14.0. The maximum Gasteiger partial charge on any atom is 0.330 e. The molecule has 0 amide bonds. The summed E-state index contributed by atoms with van der Waals surface area (Å²) in [4.78, 5) is 37.6. The Balaban J connectivity index is 1.59. The SMILES string of the molecule is COc1ccc(C(OC[C@H]2O[C@@H](n3cc(C)c(=O)[nH]c3=O)C[C@@H]2OP(C)(O)=S)(c2ccccc2)c2ccc(OC)cc2)cc1. The molecule has 0 aliphatic carbocycles. The molecule has 0 saturated carbocycles. The van der Waals surface area contributed by atoms with E-state index in [1.165, 1.54) is 17.4 Å². The summed E-state index contributed by atoms with van der Waals surface area (Å²) in [6.07, 6.45) is -0.550. The Morgan fingerprint density at radius 2 is 1.50 bits per heavy atom. The minimum Gasteiger partial charge on any atom is -0.497 e. The molecule has 1 saturated heterocycles. The van der Waals surface area contributed by atoms with Gasteiger partial charge in [-0.1, -0.05) is 54.6 Å². The van der Waals surface area contributed by atoms with Crippen molar-refractivity contribution >= 4 is 18.3 Å². The fourth-order valence-corrected chi connectivity index (χ4v) is 6.52. The zero-order chi connectivity index (χ0) is 31.5. The van der Waals surface area contributed by atoms with Crippen molar-refractivity contribution in [3.8, 4) is 11.5 Å². The molecule has 1 aliphatic heterocycles. The zero-order valence-corrected chi connectivity index (χ0v) is 26.5. The summed E-state index contributed by atoms with van der Waals surface area (Å²) >= 11 is 5.24. The Morgan fingerprint density at radius 3 is 2.02 bits per heavy atom. The number of aromatic amines is 1. The average Bonchev–Trinajstić information content (AvgIpc) is 3.41. The van der Waals surface area contributed by atoms with E-state index in [9.17, 15) is 14.5 Å². The number of benzene rings is 3. The van der Waals surface area contributed by atoms with Crippen molar-refractivity contribution in [1.29, 1.82) is 0 Å². The van der Waals surface area contributed by atoms with Gasteiger partial charge >= 0.3 is 5.69 Å². The van der Waals surface area contributed by atoms with E-state index < -0.39 is 41.8 Å². The molecule has 10 nitrogen and oxygen atoms in total. The molecule has 5 rings (SSSR count). The normalized spacial score (nSPS) is 19.8. The van der Waals surface area contributed by atoms with Crippen molar-refractivity contribution in [2.45, 2.75) is 37.4 Å². The zero-order valence-electron chi connectivity index (χ0n) is 24.8. The summed E-state index contributed by atoms with van der Waals surface area (Å²) < 4.78 is 31.5. The molecule has 2 N–H and O–H groups in total. The van der Waals surface area contributed by atoms with Crippen LogP contribution in [0.4, 0.5) is 0 Å². The summed E-state index contributed by atoms with van der Waals surface area (Å²) in [6.45, 7) is -0.0589. The average molecular weight is 639 g/mol. The predicted octanol–water partition coefficient (Wildman–Crippen LogP) is 4.48. The lowest BCUT2D eigenvalue weighted by molar-refractivity contribution is -0.0915. The highest BCUT2D eigenvalue weighted by Gasteiger charge is 2.44. The molecule has 44 heavy (non-hydrogen) atoms. The standard InChI is InChI=1S/C32H35N2O8PS/c1-21-19-34(31(36)33-30(21)35)29-18-27(42-43(4,37)44)28(41-29)20-40-32(22-8-6-5-7-9-22,23-10-14-25(38-2)15-11-23)24-12-16-26(39-3)17-13-24/h5-17,19,27-29H,18,20H2,1-4H3,(H,37,44)(H,33,35,36)/t27-,28+,29+,43?/m0/s1. The van der Waals surface area contributed by atoms with E-state index in [0.29, 0.717) is 17.1 Å². The summed E-state index contributed by atoms with van der Waals surface area (Å²) in [5.41, 5.74) is 0.675. The largest absolute Gasteiger partial charge is 0.497 e. The molecule has 1 aliphatic rings. The molecule has 4 atom stereocenters. The number of hydrogen-bond donors (Lipinski definition) is 2. The molecular weight excluding hydrogens is 603 g/mol. The van der Waals surface area contributed by atoms with Gasteiger partial charge in [-0.05, 0) is 59.7 Å². The Morgan fingerprint density at radius 1 is 0.955 bits per heavy atom. The van der Waals surface area contributed by atoms with Gasteiger partial charge in [-0.25, -0.2) is 4.79 Å². The van der Waals surface area contributed by atoms with Gasteiger partial charge in [-0.15, -0.1) is 0 Å². The van der Waals surface area contributed by atoms with Crippen LogP contribution in [0.2, 0.25) is 0 Å². The Labute approximate surface area is 260 Å². The van der Waals surface area contributed by atoms with Gasteiger partial charge in [0.05, 0.1) is 26.9 Å². The maximum atomic E-state index is 12.7. The van der Waals surface area contributed by atoms with Gasteiger partial charge in [0.15, 0.2) is 6.49 Å². The fourth-order valence-electron chi connectivity index (χ4n) is 5.46. The second-order valence-corrected chi connectivity index (χ2v) is 14.5. The minimum absolute atomic E-state index is 0.000534. The fraction of sp³-hybridized carbons (Fsp3) is 0.312. The van der Waals surface area contributed by atoms with E-state index in [4.69, 9.17) is 35.3 Å². The third kappa shape index (κ3) is 6.73. The second kappa shape index (κ2) is 13.2. The number of H-pyrrole nitrogens is 1. The van der Waals surface area contributed by atoms with Crippen LogP contribution in [0.25, 0.3) is 0 Å². The van der Waals surface area contributed by atoms with Crippen LogP contribution in [-0.2, 0) is 31.4 Å². The van der Waals surface area contributed by atoms with Crippen LogP contribution in [0.1, 0.15) is 34.9 Å². The van der Waals surface area contributed by atoms with E-state index in [-0.39, 0.29) is 13.0 Å². The molecule has 0 bridgehead atoms. The first-order chi connectivity index (χ1) is 21.0. The van der Waals surface area contributed by atoms with Gasteiger partial charge in [-0.3, -0.25) is 14.3 Å². The van der Waals surface area contributed by atoms with Crippen molar-refractivity contribution < 1.29 is 28.4 Å². The molecule has 2 heterocycles. The Hall–Kier alpha value is -3.57. The number of nitrogens with zero attached hydrogens (tertiary/aromatic N) is 1. The number of aromatic nitrogens is 2. The van der Waals surface area contributed by atoms with Crippen LogP contribution in [0.5, 0.6) is 11.5 Å². The molecule has 1 aromatic heterocycles. The van der Waals surface area contributed by atoms with Gasteiger partial charge in [0.1, 0.15) is 29.4 Å². The molecule has 1 unspecified atom stereocenters. The van der Waals surface area contributed by atoms with Gasteiger partial charge in [0.25, 0.3) is 5.56 Å². The van der Waals surface area contributed by atoms with Gasteiger partial charge in [-0.2, -0.15) is 0 Å². The monoisotopic (exact) mass is 638 g/mol. The number of aryl methyl sites for hydroxylation is 1. The third-order valence-electron chi connectivity index (χ3n) is 7.61. The van der Waals surface area contributed by atoms with E-state index >= 15 is 0 Å². The number of hydrogen-bond acceptors (Lipinski definition) is 8. The van der Waals surface area contributed by atoms with Crippen molar-refractivity contribution in [1.82, 2.24) is 9.55 Å². The molecule has 232 valence electrons. The van der Waals surface area contributed by atoms with Crippen molar-refractivity contribution in [3.05, 3.63) is 128 Å². The summed E-state index contributed by atoms with van der Waals surface area (Å²) in [5, 5.41) is 0. The first kappa shape index (κ1) is 31.8. The van der Waals surface area contributed by atoms with Crippen LogP contribution in [-0.4, -0.2) is 54.1 Å².